The third-order valence-electron chi connectivity index (χ3n) is 2.61. The summed E-state index contributed by atoms with van der Waals surface area (Å²) < 4.78 is 13.6. The van der Waals surface area contributed by atoms with Crippen LogP contribution in [0.3, 0.4) is 0 Å². The van der Waals surface area contributed by atoms with Crippen molar-refractivity contribution in [1.82, 2.24) is 9.97 Å². The van der Waals surface area contributed by atoms with E-state index in [1.54, 1.807) is 6.20 Å². The maximum Gasteiger partial charge on any atom is 0.135 e. The van der Waals surface area contributed by atoms with Gasteiger partial charge in [0.25, 0.3) is 0 Å². The van der Waals surface area contributed by atoms with Crippen molar-refractivity contribution < 1.29 is 4.39 Å². The summed E-state index contributed by atoms with van der Waals surface area (Å²) >= 11 is 0. The highest BCUT2D eigenvalue weighted by atomic mass is 19.1. The fourth-order valence-corrected chi connectivity index (χ4v) is 1.72. The van der Waals surface area contributed by atoms with Crippen LogP contribution in [0, 0.1) is 12.7 Å². The van der Waals surface area contributed by atoms with Crippen LogP contribution >= 0.6 is 0 Å². The van der Waals surface area contributed by atoms with Gasteiger partial charge in [-0.05, 0) is 42.7 Å². The molecule has 0 N–H and O–H groups in total. The fourth-order valence-electron chi connectivity index (χ4n) is 1.72. The topological polar surface area (TPSA) is 25.8 Å². The van der Waals surface area contributed by atoms with Crippen LogP contribution in [-0.4, -0.2) is 9.97 Å². The average Bonchev–Trinajstić information content (AvgIpc) is 2.29. The molecule has 0 atom stereocenters. The number of aromatic nitrogens is 2. The van der Waals surface area contributed by atoms with Gasteiger partial charge in [-0.15, -0.1) is 0 Å². The van der Waals surface area contributed by atoms with Crippen molar-refractivity contribution >= 4 is 5.57 Å². The van der Waals surface area contributed by atoms with Gasteiger partial charge in [-0.3, -0.25) is 9.97 Å². The van der Waals surface area contributed by atoms with Gasteiger partial charge in [-0.25, -0.2) is 4.39 Å². The summed E-state index contributed by atoms with van der Waals surface area (Å²) in [5.74, 6) is -0.310. The number of hydrogen-bond donors (Lipinski definition) is 0. The summed E-state index contributed by atoms with van der Waals surface area (Å²) in [5.41, 5.74) is 4.00. The van der Waals surface area contributed by atoms with Gasteiger partial charge >= 0.3 is 0 Å². The van der Waals surface area contributed by atoms with Crippen molar-refractivity contribution in [3.8, 4) is 11.3 Å². The minimum atomic E-state index is -0.310. The minimum absolute atomic E-state index is 0.310. The van der Waals surface area contributed by atoms with Crippen LogP contribution < -0.4 is 0 Å². The van der Waals surface area contributed by atoms with Gasteiger partial charge in [0.1, 0.15) is 5.82 Å². The number of allylic oxidation sites excluding steroid dienone is 1. The predicted molar refractivity (Wildman–Crippen MR) is 66.9 cm³/mol. The van der Waals surface area contributed by atoms with Crippen LogP contribution in [0.1, 0.15) is 18.1 Å². The Morgan fingerprint density at radius 3 is 2.71 bits per heavy atom. The number of nitrogens with zero attached hydrogens (tertiary/aromatic N) is 2. The van der Waals surface area contributed by atoms with E-state index in [4.69, 9.17) is 0 Å². The third-order valence-corrected chi connectivity index (χ3v) is 2.61. The highest BCUT2D eigenvalue weighted by molar-refractivity contribution is 5.67. The van der Waals surface area contributed by atoms with Crippen molar-refractivity contribution in [2.75, 3.05) is 0 Å². The molecular weight excluding hydrogens is 215 g/mol. The molecule has 3 heteroatoms. The second-order valence-corrected chi connectivity index (χ2v) is 4.02. The molecule has 0 unspecified atom stereocenters. The molecule has 0 aromatic carbocycles. The first-order valence-electron chi connectivity index (χ1n) is 5.32. The van der Waals surface area contributed by atoms with E-state index in [-0.39, 0.29) is 5.82 Å². The Kier molecular flexibility index (Phi) is 3.00. The van der Waals surface area contributed by atoms with Crippen LogP contribution in [-0.2, 0) is 0 Å². The Balaban J connectivity index is 2.52. The van der Waals surface area contributed by atoms with Crippen LogP contribution in [0.2, 0.25) is 0 Å². The molecule has 0 aliphatic heterocycles. The Morgan fingerprint density at radius 1 is 1.35 bits per heavy atom. The highest BCUT2D eigenvalue weighted by Crippen LogP contribution is 2.23. The lowest BCUT2D eigenvalue weighted by Gasteiger charge is -2.07. The second-order valence-electron chi connectivity index (χ2n) is 4.02. The number of rotatable bonds is 2. The first-order valence-corrected chi connectivity index (χ1v) is 5.32. The van der Waals surface area contributed by atoms with Gasteiger partial charge in [0.05, 0.1) is 11.3 Å². The quantitative estimate of drug-likeness (QED) is 0.784. The molecule has 0 spiro atoms. The molecule has 0 saturated carbocycles. The van der Waals surface area contributed by atoms with Crippen molar-refractivity contribution in [1.29, 1.82) is 0 Å². The highest BCUT2D eigenvalue weighted by Gasteiger charge is 2.08. The number of hydrogen-bond acceptors (Lipinski definition) is 2. The first kappa shape index (κ1) is 11.5. The van der Waals surface area contributed by atoms with Gasteiger partial charge in [0.15, 0.2) is 0 Å². The summed E-state index contributed by atoms with van der Waals surface area (Å²) in [7, 11) is 0. The van der Waals surface area contributed by atoms with Crippen molar-refractivity contribution in [2.45, 2.75) is 13.8 Å². The van der Waals surface area contributed by atoms with E-state index in [2.05, 4.69) is 16.5 Å². The smallest absolute Gasteiger partial charge is 0.135 e. The van der Waals surface area contributed by atoms with E-state index < -0.39 is 0 Å². The maximum absolute atomic E-state index is 13.6. The van der Waals surface area contributed by atoms with E-state index in [0.717, 1.165) is 16.7 Å². The normalized spacial score (nSPS) is 10.3. The molecule has 2 heterocycles. The SMILES string of the molecule is C=C(C)c1cnc(-c2cnccc2F)cc1C. The van der Waals surface area contributed by atoms with Crippen molar-refractivity contribution in [3.05, 3.63) is 54.2 Å². The van der Waals surface area contributed by atoms with Crippen molar-refractivity contribution in [2.24, 2.45) is 0 Å². The standard InChI is InChI=1S/C14H13FN2/c1-9(2)11-8-17-14(6-10(11)3)12-7-16-5-4-13(12)15/h4-8H,1H2,2-3H3. The molecule has 17 heavy (non-hydrogen) atoms. The molecule has 0 radical (unpaired) electrons. The first-order chi connectivity index (χ1) is 8.09. The maximum atomic E-state index is 13.6. The van der Waals surface area contributed by atoms with Gasteiger partial charge in [0.2, 0.25) is 0 Å². The Morgan fingerprint density at radius 2 is 2.12 bits per heavy atom. The molecule has 0 aliphatic carbocycles. The summed E-state index contributed by atoms with van der Waals surface area (Å²) in [5, 5.41) is 0. The predicted octanol–water partition coefficient (Wildman–Crippen LogP) is 3.62. The molecule has 2 aromatic rings. The fraction of sp³-hybridized carbons (Fsp3) is 0.143. The molecule has 0 amide bonds. The van der Waals surface area contributed by atoms with Gasteiger partial charge < -0.3 is 0 Å². The van der Waals surface area contributed by atoms with Gasteiger partial charge in [-0.1, -0.05) is 6.58 Å². The molecule has 2 aromatic heterocycles. The summed E-state index contributed by atoms with van der Waals surface area (Å²) in [6.07, 6.45) is 4.63. The van der Waals surface area contributed by atoms with Crippen LogP contribution in [0.4, 0.5) is 4.39 Å². The lowest BCUT2D eigenvalue weighted by molar-refractivity contribution is 0.628. The molecule has 2 nitrogen and oxygen atoms in total. The van der Waals surface area contributed by atoms with Crippen LogP contribution in [0.25, 0.3) is 16.8 Å². The Labute approximate surface area is 99.9 Å². The minimum Gasteiger partial charge on any atom is -0.264 e. The summed E-state index contributed by atoms with van der Waals surface area (Å²) in [6, 6.07) is 3.18. The van der Waals surface area contributed by atoms with E-state index in [1.807, 2.05) is 19.9 Å². The molecule has 0 aliphatic rings. The van der Waals surface area contributed by atoms with E-state index in [1.165, 1.54) is 18.5 Å². The largest absolute Gasteiger partial charge is 0.264 e. The zero-order valence-electron chi connectivity index (χ0n) is 9.87. The van der Waals surface area contributed by atoms with Crippen LogP contribution in [0.15, 0.2) is 37.3 Å². The van der Waals surface area contributed by atoms with Crippen LogP contribution in [0.5, 0.6) is 0 Å². The molecule has 0 bridgehead atoms. The average molecular weight is 228 g/mol. The van der Waals surface area contributed by atoms with E-state index >= 15 is 0 Å². The van der Waals surface area contributed by atoms with E-state index in [0.29, 0.717) is 11.3 Å². The zero-order chi connectivity index (χ0) is 12.4. The van der Waals surface area contributed by atoms with Crippen molar-refractivity contribution in [3.63, 3.8) is 0 Å². The summed E-state index contributed by atoms with van der Waals surface area (Å²) in [6.45, 7) is 7.77. The summed E-state index contributed by atoms with van der Waals surface area (Å²) in [4.78, 5) is 8.16. The third kappa shape index (κ3) is 2.23. The Hall–Kier alpha value is -2.03. The monoisotopic (exact) mass is 228 g/mol. The Bertz CT molecular complexity index is 576. The molecule has 0 saturated heterocycles. The number of aryl methyl sites for hydroxylation is 1. The van der Waals surface area contributed by atoms with E-state index in [9.17, 15) is 4.39 Å². The van der Waals surface area contributed by atoms with Gasteiger partial charge in [-0.2, -0.15) is 0 Å². The second kappa shape index (κ2) is 4.45. The molecule has 86 valence electrons. The van der Waals surface area contributed by atoms with Gasteiger partial charge in [0, 0.05) is 18.6 Å². The molecule has 0 fully saturated rings. The molecular formula is C14H13FN2. The lowest BCUT2D eigenvalue weighted by atomic mass is 10.0. The molecule has 2 rings (SSSR count). The number of halogens is 1. The number of pyridine rings is 2. The lowest BCUT2D eigenvalue weighted by Crippen LogP contribution is -1.93. The zero-order valence-corrected chi connectivity index (χ0v) is 9.87.